The van der Waals surface area contributed by atoms with Gasteiger partial charge in [0.25, 0.3) is 0 Å². The molecule has 0 bridgehead atoms. The molecule has 2 saturated heterocycles. The standard InChI is InChI=1S/C12H23N3O.ClH/c1-10-12(16)14(2)6-7-15(10)9-11-4-3-5-13-8-11;/h10-11,13H,3-9H2,1-2H3;1H. The highest BCUT2D eigenvalue weighted by molar-refractivity contribution is 5.85. The maximum absolute atomic E-state index is 11.8. The molecular formula is C12H24ClN3O. The van der Waals surface area contributed by atoms with Crippen molar-refractivity contribution in [1.29, 1.82) is 0 Å². The number of nitrogens with zero attached hydrogens (tertiary/aromatic N) is 2. The number of nitrogens with one attached hydrogen (secondary N) is 1. The van der Waals surface area contributed by atoms with Gasteiger partial charge in [0.2, 0.25) is 5.91 Å². The van der Waals surface area contributed by atoms with E-state index in [2.05, 4.69) is 10.2 Å². The lowest BCUT2D eigenvalue weighted by Gasteiger charge is -2.39. The minimum absolute atomic E-state index is 0. The maximum Gasteiger partial charge on any atom is 0.239 e. The SMILES string of the molecule is CC1C(=O)N(C)CCN1CC1CCCNC1.Cl. The van der Waals surface area contributed by atoms with Crippen LogP contribution in [-0.4, -0.2) is 61.5 Å². The van der Waals surface area contributed by atoms with Gasteiger partial charge < -0.3 is 10.2 Å². The summed E-state index contributed by atoms with van der Waals surface area (Å²) in [6, 6.07) is 0.0701. The number of rotatable bonds is 2. The molecule has 4 nitrogen and oxygen atoms in total. The van der Waals surface area contributed by atoms with E-state index in [1.807, 2.05) is 18.9 Å². The van der Waals surface area contributed by atoms with Crippen LogP contribution in [0.2, 0.25) is 0 Å². The third-order valence-corrected chi connectivity index (χ3v) is 3.90. The Morgan fingerprint density at radius 3 is 2.82 bits per heavy atom. The molecule has 0 aromatic carbocycles. The van der Waals surface area contributed by atoms with Crippen molar-refractivity contribution in [2.45, 2.75) is 25.8 Å². The van der Waals surface area contributed by atoms with E-state index in [9.17, 15) is 4.79 Å². The number of carbonyl (C=O) groups is 1. The molecule has 2 unspecified atom stereocenters. The molecule has 100 valence electrons. The first-order valence-corrected chi connectivity index (χ1v) is 6.38. The third-order valence-electron chi connectivity index (χ3n) is 3.90. The van der Waals surface area contributed by atoms with Gasteiger partial charge in [-0.1, -0.05) is 0 Å². The van der Waals surface area contributed by atoms with Crippen molar-refractivity contribution in [1.82, 2.24) is 15.1 Å². The van der Waals surface area contributed by atoms with E-state index in [1.165, 1.54) is 12.8 Å². The molecule has 2 aliphatic heterocycles. The predicted molar refractivity (Wildman–Crippen MR) is 71.5 cm³/mol. The van der Waals surface area contributed by atoms with E-state index in [0.717, 1.165) is 38.6 Å². The van der Waals surface area contributed by atoms with Crippen molar-refractivity contribution in [3.8, 4) is 0 Å². The van der Waals surface area contributed by atoms with E-state index in [4.69, 9.17) is 0 Å². The molecule has 1 N–H and O–H groups in total. The Kier molecular flexibility index (Phi) is 5.70. The first-order chi connectivity index (χ1) is 7.68. The molecule has 2 rings (SSSR count). The highest BCUT2D eigenvalue weighted by Crippen LogP contribution is 2.16. The average Bonchev–Trinajstić information content (AvgIpc) is 2.31. The molecule has 0 radical (unpaired) electrons. The maximum atomic E-state index is 11.8. The highest BCUT2D eigenvalue weighted by atomic mass is 35.5. The van der Waals surface area contributed by atoms with Crippen molar-refractivity contribution in [2.24, 2.45) is 5.92 Å². The van der Waals surface area contributed by atoms with Gasteiger partial charge in [-0.3, -0.25) is 9.69 Å². The summed E-state index contributed by atoms with van der Waals surface area (Å²) >= 11 is 0. The second-order valence-electron chi connectivity index (χ2n) is 5.14. The third kappa shape index (κ3) is 3.57. The molecule has 0 aromatic heterocycles. The summed E-state index contributed by atoms with van der Waals surface area (Å²) in [5.74, 6) is 1.00. The van der Waals surface area contributed by atoms with Crippen molar-refractivity contribution in [2.75, 3.05) is 39.8 Å². The van der Waals surface area contributed by atoms with Crippen LogP contribution in [0.4, 0.5) is 0 Å². The Bertz CT molecular complexity index is 256. The summed E-state index contributed by atoms with van der Waals surface area (Å²) in [4.78, 5) is 16.0. The average molecular weight is 262 g/mol. The van der Waals surface area contributed by atoms with E-state index < -0.39 is 0 Å². The minimum Gasteiger partial charge on any atom is -0.343 e. The van der Waals surface area contributed by atoms with Gasteiger partial charge in [-0.2, -0.15) is 0 Å². The fourth-order valence-electron chi connectivity index (χ4n) is 2.72. The predicted octanol–water partition coefficient (Wildman–Crippen LogP) is 0.570. The number of piperidine rings is 1. The zero-order valence-electron chi connectivity index (χ0n) is 10.8. The van der Waals surface area contributed by atoms with Crippen molar-refractivity contribution in [3.05, 3.63) is 0 Å². The van der Waals surface area contributed by atoms with Crippen LogP contribution >= 0.6 is 12.4 Å². The quantitative estimate of drug-likeness (QED) is 0.790. The summed E-state index contributed by atoms with van der Waals surface area (Å²) in [6.45, 7) is 7.30. The number of hydrogen-bond donors (Lipinski definition) is 1. The van der Waals surface area contributed by atoms with Crippen LogP contribution in [0.5, 0.6) is 0 Å². The van der Waals surface area contributed by atoms with E-state index in [1.54, 1.807) is 0 Å². The van der Waals surface area contributed by atoms with Gasteiger partial charge in [-0.05, 0) is 38.8 Å². The van der Waals surface area contributed by atoms with Gasteiger partial charge in [0.05, 0.1) is 6.04 Å². The van der Waals surface area contributed by atoms with Crippen LogP contribution in [0.3, 0.4) is 0 Å². The first kappa shape index (κ1) is 14.7. The molecule has 1 amide bonds. The molecular weight excluding hydrogens is 238 g/mol. The lowest BCUT2D eigenvalue weighted by atomic mass is 9.98. The van der Waals surface area contributed by atoms with Crippen molar-refractivity contribution in [3.63, 3.8) is 0 Å². The van der Waals surface area contributed by atoms with Crippen LogP contribution in [0.1, 0.15) is 19.8 Å². The number of likely N-dealkylation sites (N-methyl/N-ethyl adjacent to an activating group) is 1. The Morgan fingerprint density at radius 2 is 2.18 bits per heavy atom. The Morgan fingerprint density at radius 1 is 1.41 bits per heavy atom. The topological polar surface area (TPSA) is 35.6 Å². The summed E-state index contributed by atoms with van der Waals surface area (Å²) in [5.41, 5.74) is 0. The van der Waals surface area contributed by atoms with Crippen LogP contribution in [0, 0.1) is 5.92 Å². The molecule has 2 heterocycles. The highest BCUT2D eigenvalue weighted by Gasteiger charge is 2.30. The van der Waals surface area contributed by atoms with Gasteiger partial charge >= 0.3 is 0 Å². The second kappa shape index (κ2) is 6.57. The van der Waals surface area contributed by atoms with Crippen molar-refractivity contribution < 1.29 is 4.79 Å². The number of amides is 1. The van der Waals surface area contributed by atoms with Crippen LogP contribution < -0.4 is 5.32 Å². The van der Waals surface area contributed by atoms with Gasteiger partial charge in [0.1, 0.15) is 0 Å². The van der Waals surface area contributed by atoms with Crippen LogP contribution in [0.25, 0.3) is 0 Å². The number of halogens is 1. The van der Waals surface area contributed by atoms with Crippen LogP contribution in [-0.2, 0) is 4.79 Å². The van der Waals surface area contributed by atoms with Crippen molar-refractivity contribution >= 4 is 18.3 Å². The normalized spacial score (nSPS) is 31.2. The zero-order valence-corrected chi connectivity index (χ0v) is 11.6. The number of hydrogen-bond acceptors (Lipinski definition) is 3. The molecule has 0 aliphatic carbocycles. The second-order valence-corrected chi connectivity index (χ2v) is 5.14. The van der Waals surface area contributed by atoms with E-state index >= 15 is 0 Å². The molecule has 2 aliphatic rings. The molecule has 2 atom stereocenters. The smallest absolute Gasteiger partial charge is 0.239 e. The fraction of sp³-hybridized carbons (Fsp3) is 0.917. The molecule has 0 saturated carbocycles. The van der Waals surface area contributed by atoms with E-state index in [0.29, 0.717) is 0 Å². The lowest BCUT2D eigenvalue weighted by molar-refractivity contribution is -0.139. The fourth-order valence-corrected chi connectivity index (χ4v) is 2.72. The Hall–Kier alpha value is -0.320. The van der Waals surface area contributed by atoms with Crippen LogP contribution in [0.15, 0.2) is 0 Å². The number of piperazine rings is 1. The molecule has 17 heavy (non-hydrogen) atoms. The first-order valence-electron chi connectivity index (χ1n) is 6.38. The lowest BCUT2D eigenvalue weighted by Crippen LogP contribution is -2.56. The largest absolute Gasteiger partial charge is 0.343 e. The molecule has 0 aromatic rings. The van der Waals surface area contributed by atoms with Gasteiger partial charge in [0.15, 0.2) is 0 Å². The zero-order chi connectivity index (χ0) is 11.5. The summed E-state index contributed by atoms with van der Waals surface area (Å²) in [5, 5.41) is 3.44. The van der Waals surface area contributed by atoms with Gasteiger partial charge in [-0.25, -0.2) is 0 Å². The van der Waals surface area contributed by atoms with E-state index in [-0.39, 0.29) is 24.4 Å². The summed E-state index contributed by atoms with van der Waals surface area (Å²) in [6.07, 6.45) is 2.58. The molecule has 5 heteroatoms. The summed E-state index contributed by atoms with van der Waals surface area (Å²) < 4.78 is 0. The van der Waals surface area contributed by atoms with Gasteiger partial charge in [-0.15, -0.1) is 12.4 Å². The molecule has 2 fully saturated rings. The summed E-state index contributed by atoms with van der Waals surface area (Å²) in [7, 11) is 1.90. The number of carbonyl (C=O) groups excluding carboxylic acids is 1. The molecule has 0 spiro atoms. The Labute approximate surface area is 110 Å². The monoisotopic (exact) mass is 261 g/mol. The Balaban J connectivity index is 0.00000144. The minimum atomic E-state index is 0. The van der Waals surface area contributed by atoms with Gasteiger partial charge in [0, 0.05) is 26.7 Å².